The molecule has 1 aliphatic carbocycles. The average molecular weight is 269 g/mol. The third-order valence-electron chi connectivity index (χ3n) is 3.42. The predicted octanol–water partition coefficient (Wildman–Crippen LogP) is 2.31. The van der Waals surface area contributed by atoms with Crippen molar-refractivity contribution in [2.45, 2.75) is 45.2 Å². The molecule has 2 rings (SSSR count). The van der Waals surface area contributed by atoms with Crippen LogP contribution in [0.15, 0.2) is 6.20 Å². The second-order valence-corrected chi connectivity index (χ2v) is 5.95. The van der Waals surface area contributed by atoms with Gasteiger partial charge < -0.3 is 10.4 Å². The molecule has 0 amide bonds. The molecule has 1 fully saturated rings. The monoisotopic (exact) mass is 269 g/mol. The predicted molar refractivity (Wildman–Crippen MR) is 76.0 cm³/mol. The fraction of sp³-hybridized carbons (Fsp3) is 0.769. The minimum absolute atomic E-state index is 0.246. The van der Waals surface area contributed by atoms with E-state index in [1.165, 1.54) is 24.1 Å². The van der Waals surface area contributed by atoms with E-state index in [-0.39, 0.29) is 6.61 Å². The van der Waals surface area contributed by atoms with Crippen LogP contribution in [-0.2, 0) is 6.54 Å². The first-order valence-corrected chi connectivity index (χ1v) is 7.68. The lowest BCUT2D eigenvalue weighted by Crippen LogP contribution is -2.41. The number of aliphatic hydroxyl groups is 1. The van der Waals surface area contributed by atoms with Crippen LogP contribution in [0.4, 0.5) is 5.13 Å². The number of aliphatic hydroxyl groups excluding tert-OH is 1. The van der Waals surface area contributed by atoms with Gasteiger partial charge in [0.25, 0.3) is 0 Å². The molecular weight excluding hydrogens is 246 g/mol. The van der Waals surface area contributed by atoms with Crippen molar-refractivity contribution in [1.82, 2.24) is 9.88 Å². The molecule has 0 saturated heterocycles. The van der Waals surface area contributed by atoms with Crippen molar-refractivity contribution >= 4 is 16.5 Å². The van der Waals surface area contributed by atoms with Crippen LogP contribution >= 0.6 is 11.3 Å². The summed E-state index contributed by atoms with van der Waals surface area (Å²) in [7, 11) is 0. The minimum atomic E-state index is 0.246. The van der Waals surface area contributed by atoms with Gasteiger partial charge in [0.05, 0.1) is 6.61 Å². The maximum absolute atomic E-state index is 9.14. The van der Waals surface area contributed by atoms with Crippen LogP contribution in [-0.4, -0.2) is 40.7 Å². The number of anilines is 1. The van der Waals surface area contributed by atoms with E-state index in [9.17, 15) is 0 Å². The van der Waals surface area contributed by atoms with Gasteiger partial charge in [-0.3, -0.25) is 4.90 Å². The molecular formula is C13H23N3OS. The molecule has 1 saturated carbocycles. The lowest BCUT2D eigenvalue weighted by Gasteiger charge is -2.36. The number of hydrogen-bond donors (Lipinski definition) is 2. The van der Waals surface area contributed by atoms with Gasteiger partial charge in [0.15, 0.2) is 5.13 Å². The average Bonchev–Trinajstić information content (AvgIpc) is 2.72. The quantitative estimate of drug-likeness (QED) is 0.760. The summed E-state index contributed by atoms with van der Waals surface area (Å²) in [5.74, 6) is 0. The number of hydrogen-bond acceptors (Lipinski definition) is 5. The first-order valence-electron chi connectivity index (χ1n) is 6.87. The SMILES string of the molecule is CCCNc1ncc(CN(CCO)C2CCC2)s1. The maximum atomic E-state index is 9.14. The van der Waals surface area contributed by atoms with E-state index >= 15 is 0 Å². The number of nitrogens with zero attached hydrogens (tertiary/aromatic N) is 2. The van der Waals surface area contributed by atoms with Gasteiger partial charge in [-0.05, 0) is 19.3 Å². The maximum Gasteiger partial charge on any atom is 0.182 e. The van der Waals surface area contributed by atoms with Crippen molar-refractivity contribution in [1.29, 1.82) is 0 Å². The molecule has 0 aliphatic heterocycles. The second-order valence-electron chi connectivity index (χ2n) is 4.84. The molecule has 1 heterocycles. The van der Waals surface area contributed by atoms with E-state index in [2.05, 4.69) is 22.1 Å². The zero-order valence-electron chi connectivity index (χ0n) is 11.1. The van der Waals surface area contributed by atoms with Crippen molar-refractivity contribution in [3.8, 4) is 0 Å². The van der Waals surface area contributed by atoms with E-state index in [1.807, 2.05) is 6.20 Å². The normalized spacial score (nSPS) is 15.9. The van der Waals surface area contributed by atoms with Gasteiger partial charge in [-0.2, -0.15) is 0 Å². The van der Waals surface area contributed by atoms with Crippen molar-refractivity contribution in [2.75, 3.05) is 25.0 Å². The highest BCUT2D eigenvalue weighted by molar-refractivity contribution is 7.15. The van der Waals surface area contributed by atoms with Crippen LogP contribution in [0.1, 0.15) is 37.5 Å². The third kappa shape index (κ3) is 3.67. The zero-order chi connectivity index (χ0) is 12.8. The Morgan fingerprint density at radius 1 is 1.56 bits per heavy atom. The molecule has 5 heteroatoms. The number of thiazole rings is 1. The van der Waals surface area contributed by atoms with Crippen molar-refractivity contribution in [2.24, 2.45) is 0 Å². The highest BCUT2D eigenvalue weighted by Gasteiger charge is 2.24. The highest BCUT2D eigenvalue weighted by atomic mass is 32.1. The van der Waals surface area contributed by atoms with Gasteiger partial charge in [-0.15, -0.1) is 11.3 Å². The summed E-state index contributed by atoms with van der Waals surface area (Å²) in [5, 5.41) is 13.5. The Labute approximate surface area is 113 Å². The fourth-order valence-electron chi connectivity index (χ4n) is 2.17. The number of aromatic nitrogens is 1. The molecule has 1 aliphatic rings. The Hall–Kier alpha value is -0.650. The smallest absolute Gasteiger partial charge is 0.182 e. The van der Waals surface area contributed by atoms with Crippen molar-refractivity contribution in [3.05, 3.63) is 11.1 Å². The summed E-state index contributed by atoms with van der Waals surface area (Å²) in [6.45, 7) is 5.09. The van der Waals surface area contributed by atoms with Gasteiger partial charge in [-0.1, -0.05) is 13.3 Å². The molecule has 102 valence electrons. The third-order valence-corrected chi connectivity index (χ3v) is 4.36. The summed E-state index contributed by atoms with van der Waals surface area (Å²) in [4.78, 5) is 8.06. The lowest BCUT2D eigenvalue weighted by atomic mass is 9.91. The second kappa shape index (κ2) is 7.07. The van der Waals surface area contributed by atoms with E-state index in [1.54, 1.807) is 11.3 Å². The molecule has 0 aromatic carbocycles. The molecule has 1 aromatic heterocycles. The van der Waals surface area contributed by atoms with Gasteiger partial charge in [0, 0.05) is 36.8 Å². The topological polar surface area (TPSA) is 48.4 Å². The molecule has 0 bridgehead atoms. The molecule has 0 spiro atoms. The van der Waals surface area contributed by atoms with Crippen molar-refractivity contribution < 1.29 is 5.11 Å². The van der Waals surface area contributed by atoms with Gasteiger partial charge in [-0.25, -0.2) is 4.98 Å². The first-order chi connectivity index (χ1) is 8.83. The summed E-state index contributed by atoms with van der Waals surface area (Å²) in [6, 6.07) is 0.673. The summed E-state index contributed by atoms with van der Waals surface area (Å²) < 4.78 is 0. The minimum Gasteiger partial charge on any atom is -0.395 e. The summed E-state index contributed by atoms with van der Waals surface area (Å²) in [5.41, 5.74) is 0. The lowest BCUT2D eigenvalue weighted by molar-refractivity contribution is 0.0955. The fourth-order valence-corrected chi connectivity index (χ4v) is 3.03. The Bertz CT molecular complexity index is 352. The zero-order valence-corrected chi connectivity index (χ0v) is 11.9. The first kappa shape index (κ1) is 13.8. The molecule has 18 heavy (non-hydrogen) atoms. The molecule has 0 radical (unpaired) electrons. The molecule has 0 unspecified atom stereocenters. The van der Waals surface area contributed by atoms with E-state index in [0.29, 0.717) is 6.04 Å². The van der Waals surface area contributed by atoms with Crippen LogP contribution in [0, 0.1) is 0 Å². The largest absolute Gasteiger partial charge is 0.395 e. The van der Waals surface area contributed by atoms with Gasteiger partial charge in [0.1, 0.15) is 0 Å². The Morgan fingerprint density at radius 3 is 3.00 bits per heavy atom. The Morgan fingerprint density at radius 2 is 2.39 bits per heavy atom. The molecule has 0 atom stereocenters. The number of nitrogens with one attached hydrogen (secondary N) is 1. The van der Waals surface area contributed by atoms with Crippen LogP contribution in [0.25, 0.3) is 0 Å². The van der Waals surface area contributed by atoms with Gasteiger partial charge in [0.2, 0.25) is 0 Å². The molecule has 1 aromatic rings. The van der Waals surface area contributed by atoms with E-state index < -0.39 is 0 Å². The Balaban J connectivity index is 1.87. The highest BCUT2D eigenvalue weighted by Crippen LogP contribution is 2.27. The number of rotatable bonds is 8. The molecule has 2 N–H and O–H groups in total. The van der Waals surface area contributed by atoms with Crippen LogP contribution in [0.2, 0.25) is 0 Å². The standard InChI is InChI=1S/C13H23N3OS/c1-2-6-14-13-15-9-12(18-13)10-16(7-8-17)11-4-3-5-11/h9,11,17H,2-8,10H2,1H3,(H,14,15). The van der Waals surface area contributed by atoms with Gasteiger partial charge >= 0.3 is 0 Å². The van der Waals surface area contributed by atoms with Crippen LogP contribution < -0.4 is 5.32 Å². The summed E-state index contributed by atoms with van der Waals surface area (Å²) in [6.07, 6.45) is 6.97. The van der Waals surface area contributed by atoms with E-state index in [4.69, 9.17) is 5.11 Å². The summed E-state index contributed by atoms with van der Waals surface area (Å²) >= 11 is 1.73. The van der Waals surface area contributed by atoms with Crippen LogP contribution in [0.3, 0.4) is 0 Å². The van der Waals surface area contributed by atoms with Crippen molar-refractivity contribution in [3.63, 3.8) is 0 Å². The van der Waals surface area contributed by atoms with E-state index in [0.717, 1.165) is 31.2 Å². The van der Waals surface area contributed by atoms with Crippen LogP contribution in [0.5, 0.6) is 0 Å². The molecule has 4 nitrogen and oxygen atoms in total. The Kier molecular flexibility index (Phi) is 5.41.